The molecule has 29 heavy (non-hydrogen) atoms. The number of nitrogens with one attached hydrogen (secondary N) is 2. The molecule has 0 fully saturated rings. The Morgan fingerprint density at radius 1 is 1.10 bits per heavy atom. The quantitative estimate of drug-likeness (QED) is 0.377. The second kappa shape index (κ2) is 11.1. The summed E-state index contributed by atoms with van der Waals surface area (Å²) >= 11 is 6.83. The van der Waals surface area contributed by atoms with Crippen LogP contribution in [0.2, 0.25) is 0 Å². The molecular weight excluding hydrogens is 502 g/mol. The lowest BCUT2D eigenvalue weighted by Crippen LogP contribution is -2.26. The summed E-state index contributed by atoms with van der Waals surface area (Å²) in [6.45, 7) is 5.46. The molecule has 0 atom stereocenters. The van der Waals surface area contributed by atoms with Crippen molar-refractivity contribution in [2.75, 3.05) is 11.9 Å². The third-order valence-electron chi connectivity index (χ3n) is 4.03. The molecule has 0 saturated carbocycles. The van der Waals surface area contributed by atoms with Crippen molar-refractivity contribution < 1.29 is 14.3 Å². The van der Waals surface area contributed by atoms with Gasteiger partial charge in [-0.15, -0.1) is 0 Å². The summed E-state index contributed by atoms with van der Waals surface area (Å²) in [5.41, 5.74) is 5.75. The molecule has 0 saturated heterocycles. The predicted molar refractivity (Wildman–Crippen MR) is 122 cm³/mol. The highest BCUT2D eigenvalue weighted by Crippen LogP contribution is 2.31. The summed E-state index contributed by atoms with van der Waals surface area (Å²) in [5.74, 6) is -0.0315. The third kappa shape index (κ3) is 7.29. The number of anilines is 1. The van der Waals surface area contributed by atoms with Crippen LogP contribution in [-0.2, 0) is 16.0 Å². The minimum Gasteiger partial charge on any atom is -0.483 e. The molecule has 2 amide bonds. The van der Waals surface area contributed by atoms with E-state index in [9.17, 15) is 9.59 Å². The summed E-state index contributed by atoms with van der Waals surface area (Å²) in [5, 5.41) is 6.85. The maximum atomic E-state index is 12.2. The molecule has 6 nitrogen and oxygen atoms in total. The van der Waals surface area contributed by atoms with Crippen molar-refractivity contribution in [3.8, 4) is 5.75 Å². The Morgan fingerprint density at radius 3 is 2.55 bits per heavy atom. The SMILES string of the molecule is CCc1ccccc1NC(=O)C/C(C)=N/NC(=O)COc1cc(C)c(Br)cc1Br. The summed E-state index contributed by atoms with van der Waals surface area (Å²) in [7, 11) is 0. The van der Waals surface area contributed by atoms with Crippen LogP contribution in [0.3, 0.4) is 0 Å². The van der Waals surface area contributed by atoms with Crippen LogP contribution in [0.15, 0.2) is 50.4 Å². The molecule has 2 N–H and O–H groups in total. The first-order chi connectivity index (χ1) is 13.8. The van der Waals surface area contributed by atoms with Gasteiger partial charge in [0, 0.05) is 15.9 Å². The molecule has 0 aliphatic heterocycles. The van der Waals surface area contributed by atoms with Gasteiger partial charge in [-0.25, -0.2) is 5.43 Å². The Morgan fingerprint density at radius 2 is 1.83 bits per heavy atom. The van der Waals surface area contributed by atoms with Crippen LogP contribution < -0.4 is 15.5 Å². The summed E-state index contributed by atoms with van der Waals surface area (Å²) in [6, 6.07) is 11.3. The number of aryl methyl sites for hydroxylation is 2. The van der Waals surface area contributed by atoms with E-state index in [4.69, 9.17) is 4.74 Å². The van der Waals surface area contributed by atoms with Crippen LogP contribution >= 0.6 is 31.9 Å². The standard InChI is InChI=1S/C21H23Br2N3O3/c1-4-15-7-5-6-8-18(15)24-20(27)10-14(3)25-26-21(28)12-29-19-9-13(2)16(22)11-17(19)23/h5-9,11H,4,10,12H2,1-3H3,(H,24,27)(H,26,28)/b25-14+. The number of para-hydroxylation sites is 1. The van der Waals surface area contributed by atoms with Crippen LogP contribution in [0.5, 0.6) is 5.75 Å². The number of ether oxygens (including phenoxy) is 1. The first-order valence-corrected chi connectivity index (χ1v) is 10.7. The van der Waals surface area contributed by atoms with Gasteiger partial charge in [0.2, 0.25) is 5.91 Å². The van der Waals surface area contributed by atoms with Crippen LogP contribution in [0.4, 0.5) is 5.69 Å². The number of carbonyl (C=O) groups excluding carboxylic acids is 2. The number of benzene rings is 2. The van der Waals surface area contributed by atoms with Crippen molar-refractivity contribution in [3.05, 3.63) is 56.5 Å². The molecule has 2 aromatic carbocycles. The Labute approximate surface area is 187 Å². The van der Waals surface area contributed by atoms with Crippen LogP contribution in [0, 0.1) is 6.92 Å². The molecule has 0 heterocycles. The fourth-order valence-electron chi connectivity index (χ4n) is 2.49. The Balaban J connectivity index is 1.83. The van der Waals surface area contributed by atoms with Gasteiger partial charge in [0.05, 0.1) is 10.9 Å². The number of hydrazone groups is 1. The van der Waals surface area contributed by atoms with E-state index >= 15 is 0 Å². The van der Waals surface area contributed by atoms with Gasteiger partial charge in [-0.3, -0.25) is 9.59 Å². The van der Waals surface area contributed by atoms with Crippen molar-refractivity contribution >= 4 is 55.1 Å². The van der Waals surface area contributed by atoms with E-state index in [0.717, 1.165) is 32.2 Å². The highest BCUT2D eigenvalue weighted by molar-refractivity contribution is 9.11. The molecule has 2 aromatic rings. The van der Waals surface area contributed by atoms with E-state index in [1.165, 1.54) is 0 Å². The molecule has 0 unspecified atom stereocenters. The van der Waals surface area contributed by atoms with Gasteiger partial charge in [-0.2, -0.15) is 5.10 Å². The zero-order valence-corrected chi connectivity index (χ0v) is 19.7. The van der Waals surface area contributed by atoms with Gasteiger partial charge in [0.1, 0.15) is 5.75 Å². The van der Waals surface area contributed by atoms with Gasteiger partial charge >= 0.3 is 0 Å². The number of halogens is 2. The smallest absolute Gasteiger partial charge is 0.277 e. The molecule has 0 spiro atoms. The third-order valence-corrected chi connectivity index (χ3v) is 5.51. The molecule has 0 aliphatic carbocycles. The second-order valence-corrected chi connectivity index (χ2v) is 8.15. The zero-order chi connectivity index (χ0) is 21.4. The molecular formula is C21H23Br2N3O3. The molecule has 0 bridgehead atoms. The van der Waals surface area contributed by atoms with E-state index in [0.29, 0.717) is 11.5 Å². The van der Waals surface area contributed by atoms with Gasteiger partial charge in [0.25, 0.3) is 5.91 Å². The minimum atomic E-state index is -0.409. The lowest BCUT2D eigenvalue weighted by Gasteiger charge is -2.10. The highest BCUT2D eigenvalue weighted by Gasteiger charge is 2.10. The van der Waals surface area contributed by atoms with E-state index in [2.05, 4.69) is 47.7 Å². The zero-order valence-electron chi connectivity index (χ0n) is 16.5. The first kappa shape index (κ1) is 23.1. The molecule has 0 aliphatic rings. The second-order valence-electron chi connectivity index (χ2n) is 6.44. The predicted octanol–water partition coefficient (Wildman–Crippen LogP) is 4.98. The summed E-state index contributed by atoms with van der Waals surface area (Å²) in [6.07, 6.45) is 0.907. The van der Waals surface area contributed by atoms with Crippen LogP contribution in [0.1, 0.15) is 31.4 Å². The van der Waals surface area contributed by atoms with E-state index in [1.54, 1.807) is 6.92 Å². The van der Waals surface area contributed by atoms with Gasteiger partial charge in [-0.05, 0) is 65.5 Å². The normalized spacial score (nSPS) is 11.1. The molecule has 0 aromatic heterocycles. The average Bonchev–Trinajstić information content (AvgIpc) is 2.68. The van der Waals surface area contributed by atoms with Crippen LogP contribution in [-0.4, -0.2) is 24.1 Å². The van der Waals surface area contributed by atoms with Gasteiger partial charge < -0.3 is 10.1 Å². The number of nitrogens with zero attached hydrogens (tertiary/aromatic N) is 1. The lowest BCUT2D eigenvalue weighted by atomic mass is 10.1. The number of hydrogen-bond acceptors (Lipinski definition) is 4. The monoisotopic (exact) mass is 523 g/mol. The maximum Gasteiger partial charge on any atom is 0.277 e. The van der Waals surface area contributed by atoms with Crippen molar-refractivity contribution in [3.63, 3.8) is 0 Å². The van der Waals surface area contributed by atoms with Crippen LogP contribution in [0.25, 0.3) is 0 Å². The summed E-state index contributed by atoms with van der Waals surface area (Å²) in [4.78, 5) is 24.2. The Bertz CT molecular complexity index is 929. The highest BCUT2D eigenvalue weighted by atomic mass is 79.9. The Hall–Kier alpha value is -2.19. The maximum absolute atomic E-state index is 12.2. The first-order valence-electron chi connectivity index (χ1n) is 9.08. The van der Waals surface area contributed by atoms with Gasteiger partial charge in [-0.1, -0.05) is 41.1 Å². The fraction of sp³-hybridized carbons (Fsp3) is 0.286. The lowest BCUT2D eigenvalue weighted by molar-refractivity contribution is -0.123. The number of rotatable bonds is 8. The molecule has 8 heteroatoms. The van der Waals surface area contributed by atoms with E-state index < -0.39 is 5.91 Å². The number of amides is 2. The van der Waals surface area contributed by atoms with Crippen molar-refractivity contribution in [2.45, 2.75) is 33.6 Å². The van der Waals surface area contributed by atoms with Crippen molar-refractivity contribution in [2.24, 2.45) is 5.10 Å². The average molecular weight is 525 g/mol. The number of hydrogen-bond donors (Lipinski definition) is 2. The largest absolute Gasteiger partial charge is 0.483 e. The molecule has 0 radical (unpaired) electrons. The van der Waals surface area contributed by atoms with Gasteiger partial charge in [0.15, 0.2) is 6.61 Å². The van der Waals surface area contributed by atoms with E-state index in [-0.39, 0.29) is 18.9 Å². The van der Waals surface area contributed by atoms with E-state index in [1.807, 2.05) is 50.2 Å². The minimum absolute atomic E-state index is 0.0800. The Kier molecular flexibility index (Phi) is 8.85. The fourth-order valence-corrected chi connectivity index (χ4v) is 3.60. The van der Waals surface area contributed by atoms with Crippen molar-refractivity contribution in [1.29, 1.82) is 0 Å². The molecule has 154 valence electrons. The van der Waals surface area contributed by atoms with Crippen molar-refractivity contribution in [1.82, 2.24) is 5.43 Å². The number of carbonyl (C=O) groups is 2. The topological polar surface area (TPSA) is 79.8 Å². The summed E-state index contributed by atoms with van der Waals surface area (Å²) < 4.78 is 7.21. The molecule has 2 rings (SSSR count).